The molecule has 2 aromatic carbocycles. The van der Waals surface area contributed by atoms with Crippen LogP contribution in [-0.4, -0.2) is 11.6 Å². The minimum absolute atomic E-state index is 0.139. The minimum atomic E-state index is 0.139. The van der Waals surface area contributed by atoms with Crippen molar-refractivity contribution in [2.75, 3.05) is 4.90 Å². The molecule has 1 saturated heterocycles. The van der Waals surface area contributed by atoms with Crippen molar-refractivity contribution in [1.82, 2.24) is 0 Å². The van der Waals surface area contributed by atoms with Gasteiger partial charge in [0.25, 0.3) is 0 Å². The smallest absolute Gasteiger partial charge is 0.0438 e. The Morgan fingerprint density at radius 2 is 1.42 bits per heavy atom. The molecule has 1 heterocycles. The van der Waals surface area contributed by atoms with Gasteiger partial charge in [-0.25, -0.2) is 0 Å². The maximum Gasteiger partial charge on any atom is 0.0438 e. The van der Waals surface area contributed by atoms with Crippen molar-refractivity contribution >= 4 is 5.69 Å². The van der Waals surface area contributed by atoms with Gasteiger partial charge >= 0.3 is 0 Å². The number of benzene rings is 2. The van der Waals surface area contributed by atoms with E-state index in [4.69, 9.17) is 0 Å². The molecule has 2 unspecified atom stereocenters. The van der Waals surface area contributed by atoms with Crippen LogP contribution in [0.25, 0.3) is 0 Å². The van der Waals surface area contributed by atoms with Gasteiger partial charge in [0, 0.05) is 22.7 Å². The molecule has 0 radical (unpaired) electrons. The Bertz CT molecular complexity index is 724. The standard InChI is InChI=1S/C25H35N/c1-7-19-14-13-15-20(8-2)23(19)26-22(9-3)25(6,18-24(26,4)5)21-16-11-10-12-17-21/h10-17,22H,7-9,18H2,1-6H3. The van der Waals surface area contributed by atoms with Gasteiger partial charge in [0.05, 0.1) is 0 Å². The summed E-state index contributed by atoms with van der Waals surface area (Å²) >= 11 is 0. The minimum Gasteiger partial charge on any atom is -0.362 e. The molecule has 0 N–H and O–H groups in total. The van der Waals surface area contributed by atoms with E-state index in [0.29, 0.717) is 6.04 Å². The lowest BCUT2D eigenvalue weighted by Crippen LogP contribution is -2.46. The lowest BCUT2D eigenvalue weighted by molar-refractivity contribution is 0.402. The Balaban J connectivity index is 2.19. The second kappa shape index (κ2) is 7.10. The second-order valence-electron chi connectivity index (χ2n) is 8.70. The molecule has 2 aromatic rings. The lowest BCUT2D eigenvalue weighted by atomic mass is 9.73. The Hall–Kier alpha value is -1.76. The van der Waals surface area contributed by atoms with Gasteiger partial charge < -0.3 is 4.90 Å². The number of nitrogens with zero attached hydrogens (tertiary/aromatic N) is 1. The van der Waals surface area contributed by atoms with Crippen LogP contribution in [0.1, 0.15) is 71.1 Å². The summed E-state index contributed by atoms with van der Waals surface area (Å²) in [6.45, 7) is 14.3. The van der Waals surface area contributed by atoms with Crippen LogP contribution in [0, 0.1) is 0 Å². The molecule has 1 nitrogen and oxygen atoms in total. The highest BCUT2D eigenvalue weighted by Crippen LogP contribution is 2.52. The molecule has 26 heavy (non-hydrogen) atoms. The van der Waals surface area contributed by atoms with Crippen LogP contribution in [-0.2, 0) is 18.3 Å². The van der Waals surface area contributed by atoms with Crippen LogP contribution in [0.2, 0.25) is 0 Å². The first-order valence-corrected chi connectivity index (χ1v) is 10.3. The maximum absolute atomic E-state index is 2.79. The van der Waals surface area contributed by atoms with Crippen molar-refractivity contribution in [3.63, 3.8) is 0 Å². The summed E-state index contributed by atoms with van der Waals surface area (Å²) in [5.74, 6) is 0. The highest BCUT2D eigenvalue weighted by Gasteiger charge is 2.53. The Kier molecular flexibility index (Phi) is 5.19. The highest BCUT2D eigenvalue weighted by atomic mass is 15.3. The van der Waals surface area contributed by atoms with Crippen LogP contribution in [0.4, 0.5) is 5.69 Å². The molecule has 0 spiro atoms. The SMILES string of the molecule is CCc1cccc(CC)c1N1C(CC)C(C)(c2ccccc2)CC1(C)C. The van der Waals surface area contributed by atoms with Crippen molar-refractivity contribution in [2.24, 2.45) is 0 Å². The van der Waals surface area contributed by atoms with E-state index in [-0.39, 0.29) is 11.0 Å². The van der Waals surface area contributed by atoms with E-state index in [0.717, 1.165) is 19.3 Å². The fourth-order valence-corrected chi connectivity index (χ4v) is 5.54. The molecule has 2 atom stereocenters. The third kappa shape index (κ3) is 2.96. The average molecular weight is 350 g/mol. The Morgan fingerprint density at radius 1 is 0.846 bits per heavy atom. The van der Waals surface area contributed by atoms with Crippen LogP contribution in [0.15, 0.2) is 48.5 Å². The number of hydrogen-bond donors (Lipinski definition) is 0. The molecule has 140 valence electrons. The number of hydrogen-bond acceptors (Lipinski definition) is 1. The molecular weight excluding hydrogens is 314 g/mol. The van der Waals surface area contributed by atoms with E-state index in [1.807, 2.05) is 0 Å². The summed E-state index contributed by atoms with van der Waals surface area (Å²) in [4.78, 5) is 2.79. The summed E-state index contributed by atoms with van der Waals surface area (Å²) in [6, 6.07) is 18.6. The molecule has 1 aliphatic rings. The van der Waals surface area contributed by atoms with Crippen LogP contribution < -0.4 is 4.90 Å². The third-order valence-electron chi connectivity index (χ3n) is 6.52. The first-order valence-electron chi connectivity index (χ1n) is 10.3. The predicted octanol–water partition coefficient (Wildman–Crippen LogP) is 6.54. The summed E-state index contributed by atoms with van der Waals surface area (Å²) in [5.41, 5.74) is 6.29. The molecule has 1 heteroatoms. The average Bonchev–Trinajstić information content (AvgIpc) is 2.87. The zero-order valence-corrected chi connectivity index (χ0v) is 17.5. The zero-order valence-electron chi connectivity index (χ0n) is 17.5. The largest absolute Gasteiger partial charge is 0.362 e. The van der Waals surface area contributed by atoms with E-state index in [2.05, 4.69) is 95.0 Å². The fraction of sp³-hybridized carbons (Fsp3) is 0.520. The van der Waals surface area contributed by atoms with Crippen molar-refractivity contribution < 1.29 is 0 Å². The normalized spacial score (nSPS) is 24.8. The van der Waals surface area contributed by atoms with Crippen molar-refractivity contribution in [2.45, 2.75) is 84.2 Å². The molecule has 0 amide bonds. The highest BCUT2D eigenvalue weighted by molar-refractivity contribution is 5.64. The molecular formula is C25H35N. The van der Waals surface area contributed by atoms with Gasteiger partial charge in [-0.3, -0.25) is 0 Å². The van der Waals surface area contributed by atoms with E-state index in [1.54, 1.807) is 0 Å². The predicted molar refractivity (Wildman–Crippen MR) is 114 cm³/mol. The molecule has 0 aliphatic carbocycles. The summed E-state index contributed by atoms with van der Waals surface area (Å²) in [5, 5.41) is 0. The van der Waals surface area contributed by atoms with E-state index < -0.39 is 0 Å². The van der Waals surface area contributed by atoms with Gasteiger partial charge in [0.15, 0.2) is 0 Å². The van der Waals surface area contributed by atoms with E-state index in [9.17, 15) is 0 Å². The summed E-state index contributed by atoms with van der Waals surface area (Å²) in [6.07, 6.45) is 4.53. The molecule has 1 fully saturated rings. The summed E-state index contributed by atoms with van der Waals surface area (Å²) < 4.78 is 0. The molecule has 1 aliphatic heterocycles. The van der Waals surface area contributed by atoms with Gasteiger partial charge in [-0.1, -0.05) is 76.2 Å². The Morgan fingerprint density at radius 3 is 1.92 bits per heavy atom. The van der Waals surface area contributed by atoms with E-state index in [1.165, 1.54) is 28.8 Å². The topological polar surface area (TPSA) is 3.24 Å². The van der Waals surface area contributed by atoms with Crippen molar-refractivity contribution in [3.8, 4) is 0 Å². The molecule has 3 rings (SSSR count). The number of rotatable bonds is 5. The van der Waals surface area contributed by atoms with Gasteiger partial charge in [-0.15, -0.1) is 0 Å². The number of aryl methyl sites for hydroxylation is 2. The molecule has 0 aromatic heterocycles. The summed E-state index contributed by atoms with van der Waals surface area (Å²) in [7, 11) is 0. The van der Waals surface area contributed by atoms with E-state index >= 15 is 0 Å². The molecule has 0 saturated carbocycles. The van der Waals surface area contributed by atoms with Gasteiger partial charge in [-0.2, -0.15) is 0 Å². The first-order chi connectivity index (χ1) is 12.4. The van der Waals surface area contributed by atoms with Crippen molar-refractivity contribution in [3.05, 3.63) is 65.2 Å². The monoisotopic (exact) mass is 349 g/mol. The second-order valence-corrected chi connectivity index (χ2v) is 8.70. The zero-order chi connectivity index (χ0) is 18.9. The molecule has 0 bridgehead atoms. The van der Waals surface area contributed by atoms with Crippen LogP contribution >= 0.6 is 0 Å². The lowest BCUT2D eigenvalue weighted by Gasteiger charge is -2.42. The maximum atomic E-state index is 2.79. The fourth-order valence-electron chi connectivity index (χ4n) is 5.54. The van der Waals surface area contributed by atoms with Crippen LogP contribution in [0.3, 0.4) is 0 Å². The number of para-hydroxylation sites is 1. The first kappa shape index (κ1) is 19.0. The van der Waals surface area contributed by atoms with Gasteiger partial charge in [-0.05, 0) is 56.2 Å². The van der Waals surface area contributed by atoms with Crippen LogP contribution in [0.5, 0.6) is 0 Å². The number of anilines is 1. The van der Waals surface area contributed by atoms with Gasteiger partial charge in [0.1, 0.15) is 0 Å². The third-order valence-corrected chi connectivity index (χ3v) is 6.52. The Labute approximate surface area is 160 Å². The van der Waals surface area contributed by atoms with Crippen molar-refractivity contribution in [1.29, 1.82) is 0 Å². The quantitative estimate of drug-likeness (QED) is 0.592. The van der Waals surface area contributed by atoms with Gasteiger partial charge in [0.2, 0.25) is 0 Å².